The van der Waals surface area contributed by atoms with E-state index in [0.29, 0.717) is 28.3 Å². The van der Waals surface area contributed by atoms with Crippen LogP contribution in [0.2, 0.25) is 0 Å². The van der Waals surface area contributed by atoms with Gasteiger partial charge in [-0.15, -0.1) is 0 Å². The molecule has 0 saturated heterocycles. The summed E-state index contributed by atoms with van der Waals surface area (Å²) in [5.41, 5.74) is 1.97. The lowest BCUT2D eigenvalue weighted by Crippen LogP contribution is -2.21. The molecule has 0 aliphatic carbocycles. The molecule has 5 nitrogen and oxygen atoms in total. The maximum Gasteiger partial charge on any atom is 0.280 e. The topological polar surface area (TPSA) is 62.1 Å². The van der Waals surface area contributed by atoms with Gasteiger partial charge < -0.3 is 9.84 Å². The SMILES string of the molecule is COc1cc(C=C2C(=O)N(c3cccc(F)c3)N=C2C)ccc1O. The Morgan fingerprint density at radius 3 is 2.75 bits per heavy atom. The van der Waals surface area contributed by atoms with Crippen LogP contribution in [0.1, 0.15) is 12.5 Å². The van der Waals surface area contributed by atoms with Gasteiger partial charge in [0, 0.05) is 0 Å². The minimum atomic E-state index is -0.436. The van der Waals surface area contributed by atoms with Gasteiger partial charge in [0.2, 0.25) is 0 Å². The van der Waals surface area contributed by atoms with E-state index in [9.17, 15) is 14.3 Å². The molecule has 1 heterocycles. The van der Waals surface area contributed by atoms with E-state index in [4.69, 9.17) is 4.74 Å². The van der Waals surface area contributed by atoms with Crippen molar-refractivity contribution in [3.05, 3.63) is 59.4 Å². The summed E-state index contributed by atoms with van der Waals surface area (Å²) in [4.78, 5) is 12.6. The van der Waals surface area contributed by atoms with Gasteiger partial charge in [-0.2, -0.15) is 10.1 Å². The van der Waals surface area contributed by atoms with Crippen molar-refractivity contribution >= 4 is 23.4 Å². The van der Waals surface area contributed by atoms with Crippen molar-refractivity contribution in [3.8, 4) is 11.5 Å². The highest BCUT2D eigenvalue weighted by molar-refractivity contribution is 6.32. The summed E-state index contributed by atoms with van der Waals surface area (Å²) < 4.78 is 18.4. The number of hydrazone groups is 1. The Labute approximate surface area is 138 Å². The predicted octanol–water partition coefficient (Wildman–Crippen LogP) is 3.35. The highest BCUT2D eigenvalue weighted by Crippen LogP contribution is 2.29. The summed E-state index contributed by atoms with van der Waals surface area (Å²) in [5, 5.41) is 15.0. The zero-order valence-electron chi connectivity index (χ0n) is 13.2. The molecule has 0 aromatic heterocycles. The van der Waals surface area contributed by atoms with Crippen molar-refractivity contribution in [2.45, 2.75) is 6.92 Å². The number of carbonyl (C=O) groups is 1. The maximum atomic E-state index is 13.4. The summed E-state index contributed by atoms with van der Waals surface area (Å²) in [7, 11) is 1.45. The van der Waals surface area contributed by atoms with Crippen LogP contribution in [0, 0.1) is 5.82 Å². The van der Waals surface area contributed by atoms with E-state index in [1.807, 2.05) is 0 Å². The van der Waals surface area contributed by atoms with Gasteiger partial charge in [-0.25, -0.2) is 4.39 Å². The van der Waals surface area contributed by atoms with E-state index in [1.54, 1.807) is 31.2 Å². The molecule has 0 fully saturated rings. The van der Waals surface area contributed by atoms with Crippen LogP contribution < -0.4 is 9.75 Å². The quantitative estimate of drug-likeness (QED) is 0.880. The van der Waals surface area contributed by atoms with Crippen LogP contribution in [0.15, 0.2) is 53.1 Å². The number of halogens is 1. The molecule has 24 heavy (non-hydrogen) atoms. The van der Waals surface area contributed by atoms with Crippen molar-refractivity contribution < 1.29 is 19.0 Å². The van der Waals surface area contributed by atoms with Crippen molar-refractivity contribution in [1.29, 1.82) is 0 Å². The van der Waals surface area contributed by atoms with Gasteiger partial charge in [-0.05, 0) is 48.9 Å². The number of benzene rings is 2. The second-order valence-electron chi connectivity index (χ2n) is 5.27. The molecule has 1 amide bonds. The Morgan fingerprint density at radius 2 is 2.04 bits per heavy atom. The number of phenols is 1. The zero-order chi connectivity index (χ0) is 17.3. The highest BCUT2D eigenvalue weighted by Gasteiger charge is 2.28. The number of nitrogens with zero attached hydrogens (tertiary/aromatic N) is 2. The molecular weight excluding hydrogens is 311 g/mol. The lowest BCUT2D eigenvalue weighted by Gasteiger charge is -2.11. The zero-order valence-corrected chi connectivity index (χ0v) is 13.2. The molecular formula is C18H15FN2O3. The molecule has 1 N–H and O–H groups in total. The summed E-state index contributed by atoms with van der Waals surface area (Å²) in [6.07, 6.45) is 1.66. The minimum Gasteiger partial charge on any atom is -0.504 e. The number of aromatic hydroxyl groups is 1. The van der Waals surface area contributed by atoms with Gasteiger partial charge >= 0.3 is 0 Å². The van der Waals surface area contributed by atoms with Crippen LogP contribution in [-0.4, -0.2) is 23.8 Å². The molecule has 0 atom stereocenters. The third-order valence-electron chi connectivity index (χ3n) is 3.63. The van der Waals surface area contributed by atoms with Gasteiger partial charge in [-0.1, -0.05) is 12.1 Å². The number of carbonyl (C=O) groups excluding carboxylic acids is 1. The first-order valence-corrected chi connectivity index (χ1v) is 7.24. The van der Waals surface area contributed by atoms with E-state index in [2.05, 4.69) is 5.10 Å². The average molecular weight is 326 g/mol. The largest absolute Gasteiger partial charge is 0.504 e. The minimum absolute atomic E-state index is 0.0178. The molecule has 0 bridgehead atoms. The number of anilines is 1. The van der Waals surface area contributed by atoms with E-state index in [0.717, 1.165) is 0 Å². The number of phenolic OH excluding ortho intramolecular Hbond substituents is 1. The number of rotatable bonds is 3. The average Bonchev–Trinajstić information content (AvgIpc) is 2.84. The van der Waals surface area contributed by atoms with Crippen molar-refractivity contribution in [1.82, 2.24) is 0 Å². The van der Waals surface area contributed by atoms with Crippen LogP contribution in [-0.2, 0) is 4.79 Å². The third-order valence-corrected chi connectivity index (χ3v) is 3.63. The second kappa shape index (κ2) is 6.16. The normalized spacial score (nSPS) is 15.8. The molecule has 1 aliphatic rings. The first-order valence-electron chi connectivity index (χ1n) is 7.24. The molecule has 0 spiro atoms. The Kier molecular flexibility index (Phi) is 4.04. The smallest absolute Gasteiger partial charge is 0.280 e. The van der Waals surface area contributed by atoms with Crippen LogP contribution in [0.4, 0.5) is 10.1 Å². The lowest BCUT2D eigenvalue weighted by molar-refractivity contribution is -0.114. The maximum absolute atomic E-state index is 13.4. The van der Waals surface area contributed by atoms with Crippen LogP contribution >= 0.6 is 0 Å². The second-order valence-corrected chi connectivity index (χ2v) is 5.27. The van der Waals surface area contributed by atoms with Gasteiger partial charge in [-0.3, -0.25) is 4.79 Å². The number of hydrogen-bond donors (Lipinski definition) is 1. The molecule has 1 aliphatic heterocycles. The van der Waals surface area contributed by atoms with E-state index < -0.39 is 5.82 Å². The van der Waals surface area contributed by atoms with Gasteiger partial charge in [0.25, 0.3) is 5.91 Å². The van der Waals surface area contributed by atoms with Gasteiger partial charge in [0.15, 0.2) is 11.5 Å². The lowest BCUT2D eigenvalue weighted by atomic mass is 10.1. The monoisotopic (exact) mass is 326 g/mol. The number of methoxy groups -OCH3 is 1. The molecule has 6 heteroatoms. The van der Waals surface area contributed by atoms with E-state index >= 15 is 0 Å². The van der Waals surface area contributed by atoms with Crippen molar-refractivity contribution in [2.75, 3.05) is 12.1 Å². The number of ether oxygens (including phenoxy) is 1. The van der Waals surface area contributed by atoms with Crippen LogP contribution in [0.25, 0.3) is 6.08 Å². The Bertz CT molecular complexity index is 874. The first kappa shape index (κ1) is 15.7. The molecule has 0 radical (unpaired) electrons. The van der Waals surface area contributed by atoms with Crippen molar-refractivity contribution in [3.63, 3.8) is 0 Å². The Hall–Kier alpha value is -3.15. The molecule has 2 aromatic carbocycles. The molecule has 122 valence electrons. The van der Waals surface area contributed by atoms with Crippen LogP contribution in [0.5, 0.6) is 11.5 Å². The first-order chi connectivity index (χ1) is 11.5. The van der Waals surface area contributed by atoms with Crippen LogP contribution in [0.3, 0.4) is 0 Å². The fourth-order valence-electron chi connectivity index (χ4n) is 2.42. The molecule has 0 saturated carbocycles. The fraction of sp³-hybridized carbons (Fsp3) is 0.111. The summed E-state index contributed by atoms with van der Waals surface area (Å²) in [6.45, 7) is 1.71. The van der Waals surface area contributed by atoms with Gasteiger partial charge in [0.1, 0.15) is 5.82 Å². The predicted molar refractivity (Wildman–Crippen MR) is 89.6 cm³/mol. The Morgan fingerprint density at radius 1 is 1.25 bits per heavy atom. The Balaban J connectivity index is 1.96. The molecule has 0 unspecified atom stereocenters. The molecule has 3 rings (SSSR count). The highest BCUT2D eigenvalue weighted by atomic mass is 19.1. The van der Waals surface area contributed by atoms with E-state index in [1.165, 1.54) is 36.4 Å². The van der Waals surface area contributed by atoms with Gasteiger partial charge in [0.05, 0.1) is 24.1 Å². The van der Waals surface area contributed by atoms with Crippen molar-refractivity contribution in [2.24, 2.45) is 5.10 Å². The fourth-order valence-corrected chi connectivity index (χ4v) is 2.42. The summed E-state index contributed by atoms with van der Waals surface area (Å²) >= 11 is 0. The summed E-state index contributed by atoms with van der Waals surface area (Å²) in [5.74, 6) is -0.449. The third kappa shape index (κ3) is 2.86. The van der Waals surface area contributed by atoms with E-state index in [-0.39, 0.29) is 11.7 Å². The number of hydrogen-bond acceptors (Lipinski definition) is 4. The number of amides is 1. The molecule has 2 aromatic rings. The standard InChI is InChI=1S/C18H15FN2O3/c1-11-15(8-12-6-7-16(22)17(9-12)24-2)18(23)21(20-11)14-5-3-4-13(19)10-14/h3-10,22H,1-2H3. The summed E-state index contributed by atoms with van der Waals surface area (Å²) in [6, 6.07) is 10.5.